The summed E-state index contributed by atoms with van der Waals surface area (Å²) in [7, 11) is -0.789. The van der Waals surface area contributed by atoms with Gasteiger partial charge in [0.15, 0.2) is 11.4 Å². The molecule has 3 aromatic rings. The third-order valence-electron chi connectivity index (χ3n) is 3.96. The Bertz CT molecular complexity index is 1160. The second-order valence-corrected chi connectivity index (χ2v) is 9.59. The molecule has 28 heavy (non-hydrogen) atoms. The smallest absolute Gasteiger partial charge is 0.257 e. The van der Waals surface area contributed by atoms with Crippen LogP contribution in [0.15, 0.2) is 50.9 Å². The molecule has 0 N–H and O–H groups in total. The van der Waals surface area contributed by atoms with E-state index < -0.39 is 32.7 Å². The van der Waals surface area contributed by atoms with Crippen LogP contribution in [0.25, 0.3) is 11.1 Å². The Labute approximate surface area is 164 Å². The van der Waals surface area contributed by atoms with E-state index in [2.05, 4.69) is 4.98 Å². The van der Waals surface area contributed by atoms with Crippen LogP contribution in [0.5, 0.6) is 0 Å². The van der Waals surface area contributed by atoms with E-state index in [1.165, 1.54) is 39.2 Å². The van der Waals surface area contributed by atoms with E-state index in [0.717, 1.165) is 34.3 Å². The van der Waals surface area contributed by atoms with Crippen molar-refractivity contribution in [2.75, 3.05) is 14.1 Å². The van der Waals surface area contributed by atoms with E-state index in [0.29, 0.717) is 11.1 Å². The number of carbonyl (C=O) groups is 1. The Balaban J connectivity index is 1.86. The van der Waals surface area contributed by atoms with Gasteiger partial charge in [0.25, 0.3) is 5.22 Å². The van der Waals surface area contributed by atoms with Crippen molar-refractivity contribution in [3.63, 3.8) is 0 Å². The van der Waals surface area contributed by atoms with Crippen LogP contribution in [0.4, 0.5) is 8.78 Å². The molecule has 0 aliphatic heterocycles. The molecule has 0 saturated heterocycles. The van der Waals surface area contributed by atoms with Crippen LogP contribution in [0.2, 0.25) is 0 Å². The van der Waals surface area contributed by atoms with E-state index in [-0.39, 0.29) is 15.7 Å². The van der Waals surface area contributed by atoms with E-state index in [1.807, 2.05) is 0 Å². The summed E-state index contributed by atoms with van der Waals surface area (Å²) < 4.78 is 58.2. The second-order valence-electron chi connectivity index (χ2n) is 6.15. The summed E-state index contributed by atoms with van der Waals surface area (Å²) in [5.41, 5.74) is 0.300. The van der Waals surface area contributed by atoms with Crippen molar-refractivity contribution in [3.05, 3.63) is 53.6 Å². The third kappa shape index (κ3) is 3.94. The number of fused-ring (bicyclic) bond motifs is 1. The van der Waals surface area contributed by atoms with Crippen molar-refractivity contribution in [1.29, 1.82) is 0 Å². The van der Waals surface area contributed by atoms with E-state index >= 15 is 0 Å². The Morgan fingerprint density at radius 3 is 2.57 bits per heavy atom. The summed E-state index contributed by atoms with van der Waals surface area (Å²) in [5.74, 6) is -2.13. The van der Waals surface area contributed by atoms with Crippen molar-refractivity contribution in [1.82, 2.24) is 9.29 Å². The first kappa shape index (κ1) is 20.4. The van der Waals surface area contributed by atoms with Crippen LogP contribution in [0, 0.1) is 11.6 Å². The molecule has 0 aliphatic carbocycles. The van der Waals surface area contributed by atoms with E-state index in [9.17, 15) is 22.0 Å². The Morgan fingerprint density at radius 1 is 1.18 bits per heavy atom. The molecule has 0 bridgehead atoms. The molecule has 0 radical (unpaired) electrons. The fraction of sp³-hybridized carbons (Fsp3) is 0.222. The molecule has 0 fully saturated rings. The van der Waals surface area contributed by atoms with Gasteiger partial charge in [-0.2, -0.15) is 0 Å². The van der Waals surface area contributed by atoms with Gasteiger partial charge in [0.1, 0.15) is 17.2 Å². The zero-order valence-electron chi connectivity index (χ0n) is 15.1. The molecule has 1 aromatic heterocycles. The van der Waals surface area contributed by atoms with Gasteiger partial charge in [-0.25, -0.2) is 26.5 Å². The maximum absolute atomic E-state index is 13.8. The second kappa shape index (κ2) is 7.61. The molecule has 148 valence electrons. The largest absolute Gasteiger partial charge is 0.431 e. The number of thioether (sulfide) groups is 1. The molecule has 0 aliphatic rings. The molecule has 0 spiro atoms. The van der Waals surface area contributed by atoms with Crippen LogP contribution in [0.3, 0.4) is 0 Å². The molecule has 1 atom stereocenters. The monoisotopic (exact) mass is 426 g/mol. The predicted octanol–water partition coefficient (Wildman–Crippen LogP) is 3.72. The quantitative estimate of drug-likeness (QED) is 0.442. The van der Waals surface area contributed by atoms with Crippen LogP contribution >= 0.6 is 11.8 Å². The van der Waals surface area contributed by atoms with Crippen molar-refractivity contribution in [3.8, 4) is 0 Å². The van der Waals surface area contributed by atoms with Crippen LogP contribution < -0.4 is 0 Å². The van der Waals surface area contributed by atoms with E-state index in [4.69, 9.17) is 4.42 Å². The first-order valence-corrected chi connectivity index (χ1v) is 10.4. The third-order valence-corrected chi connectivity index (χ3v) is 6.71. The molecule has 1 heterocycles. The topological polar surface area (TPSA) is 80.5 Å². The Hall–Kier alpha value is -2.30. The minimum atomic E-state index is -3.63. The van der Waals surface area contributed by atoms with Crippen molar-refractivity contribution < 1.29 is 26.4 Å². The summed E-state index contributed by atoms with van der Waals surface area (Å²) in [6, 6.07) is 6.92. The van der Waals surface area contributed by atoms with E-state index in [1.54, 1.807) is 0 Å². The van der Waals surface area contributed by atoms with Gasteiger partial charge in [0.05, 0.1) is 15.7 Å². The summed E-state index contributed by atoms with van der Waals surface area (Å²) in [5, 5.41) is -0.679. The highest BCUT2D eigenvalue weighted by molar-refractivity contribution is 8.00. The highest BCUT2D eigenvalue weighted by atomic mass is 32.2. The molecule has 3 rings (SSSR count). The van der Waals surface area contributed by atoms with Gasteiger partial charge in [0.2, 0.25) is 10.0 Å². The molecule has 6 nitrogen and oxygen atoms in total. The highest BCUT2D eigenvalue weighted by Crippen LogP contribution is 2.30. The maximum Gasteiger partial charge on any atom is 0.257 e. The Kier molecular flexibility index (Phi) is 5.55. The number of ketones is 1. The minimum absolute atomic E-state index is 0.0563. The Morgan fingerprint density at radius 2 is 1.89 bits per heavy atom. The number of hydrogen-bond donors (Lipinski definition) is 0. The normalized spacial score (nSPS) is 13.2. The van der Waals surface area contributed by atoms with Crippen LogP contribution in [-0.4, -0.2) is 42.8 Å². The number of rotatable bonds is 6. The van der Waals surface area contributed by atoms with Crippen molar-refractivity contribution in [2.45, 2.75) is 22.3 Å². The molecule has 2 aromatic carbocycles. The molecular formula is C18H16F2N2O4S2. The number of hydrogen-bond acceptors (Lipinski definition) is 6. The first-order valence-electron chi connectivity index (χ1n) is 8.08. The number of benzene rings is 2. The molecular weight excluding hydrogens is 410 g/mol. The number of Topliss-reactive ketones (excluding diaryl/α,β-unsaturated/α-hetero) is 1. The number of nitrogens with zero attached hydrogens (tertiary/aromatic N) is 2. The van der Waals surface area contributed by atoms with Crippen molar-refractivity contribution >= 4 is 38.7 Å². The van der Waals surface area contributed by atoms with Crippen LogP contribution in [0.1, 0.15) is 17.3 Å². The van der Waals surface area contributed by atoms with Gasteiger partial charge >= 0.3 is 0 Å². The number of halogens is 2. The lowest BCUT2D eigenvalue weighted by atomic mass is 10.1. The molecule has 10 heteroatoms. The lowest BCUT2D eigenvalue weighted by Crippen LogP contribution is -2.22. The SMILES string of the molecule is CC(Sc1nc2cc(S(=O)(=O)N(C)C)ccc2o1)C(=O)c1cc(F)ccc1F. The number of aromatic nitrogens is 1. The average Bonchev–Trinajstić information content (AvgIpc) is 3.04. The summed E-state index contributed by atoms with van der Waals surface area (Å²) in [6.45, 7) is 1.52. The predicted molar refractivity (Wildman–Crippen MR) is 101 cm³/mol. The zero-order valence-corrected chi connectivity index (χ0v) is 16.8. The molecule has 0 amide bonds. The summed E-state index contributed by atoms with van der Waals surface area (Å²) >= 11 is 0.930. The first-order chi connectivity index (χ1) is 13.1. The number of oxazole rings is 1. The fourth-order valence-electron chi connectivity index (χ4n) is 2.42. The summed E-state index contributed by atoms with van der Waals surface area (Å²) in [4.78, 5) is 16.7. The fourth-order valence-corrected chi connectivity index (χ4v) is 4.17. The van der Waals surface area contributed by atoms with Gasteiger partial charge in [-0.3, -0.25) is 4.79 Å². The minimum Gasteiger partial charge on any atom is -0.431 e. The van der Waals surface area contributed by atoms with Gasteiger partial charge in [-0.1, -0.05) is 11.8 Å². The number of carbonyl (C=O) groups excluding carboxylic acids is 1. The van der Waals surface area contributed by atoms with Gasteiger partial charge < -0.3 is 4.42 Å². The van der Waals surface area contributed by atoms with Gasteiger partial charge in [-0.15, -0.1) is 0 Å². The summed E-state index contributed by atoms with van der Waals surface area (Å²) in [6.07, 6.45) is 0. The number of sulfonamides is 1. The lowest BCUT2D eigenvalue weighted by molar-refractivity contribution is 0.0989. The maximum atomic E-state index is 13.8. The molecule has 1 unspecified atom stereocenters. The lowest BCUT2D eigenvalue weighted by Gasteiger charge is -2.10. The van der Waals surface area contributed by atoms with Crippen molar-refractivity contribution in [2.24, 2.45) is 0 Å². The molecule has 0 saturated carbocycles. The standard InChI is InChI=1S/C18H16F2N2O4S2/c1-10(17(23)13-8-11(19)4-6-14(13)20)27-18-21-15-9-12(5-7-16(15)26-18)28(24,25)22(2)3/h4-10H,1-3H3. The van der Waals surface area contributed by atoms with Gasteiger partial charge in [0, 0.05) is 14.1 Å². The van der Waals surface area contributed by atoms with Gasteiger partial charge in [-0.05, 0) is 43.3 Å². The average molecular weight is 426 g/mol. The van der Waals surface area contributed by atoms with Crippen LogP contribution in [-0.2, 0) is 10.0 Å². The highest BCUT2D eigenvalue weighted by Gasteiger charge is 2.24. The zero-order chi connectivity index (χ0) is 20.6.